The molecule has 0 atom stereocenters. The number of aryl methyl sites for hydroxylation is 2. The number of rotatable bonds is 6. The highest BCUT2D eigenvalue weighted by Gasteiger charge is 2.15. The summed E-state index contributed by atoms with van der Waals surface area (Å²) >= 11 is 0. The lowest BCUT2D eigenvalue weighted by molar-refractivity contribution is -0.138. The smallest absolute Gasteiger partial charge is 0.303 e. The van der Waals surface area contributed by atoms with Crippen molar-refractivity contribution in [1.29, 1.82) is 0 Å². The minimum absolute atomic E-state index is 0.0857. The van der Waals surface area contributed by atoms with E-state index >= 15 is 0 Å². The van der Waals surface area contributed by atoms with Crippen LogP contribution in [0.2, 0.25) is 0 Å². The number of benzene rings is 1. The van der Waals surface area contributed by atoms with Crippen molar-refractivity contribution in [2.24, 2.45) is 0 Å². The van der Waals surface area contributed by atoms with Crippen LogP contribution in [0.5, 0.6) is 0 Å². The van der Waals surface area contributed by atoms with Crippen LogP contribution < -0.4 is 5.32 Å². The van der Waals surface area contributed by atoms with Gasteiger partial charge in [0.15, 0.2) is 11.5 Å². The van der Waals surface area contributed by atoms with Crippen LogP contribution in [-0.2, 0) is 16.1 Å². The van der Waals surface area contributed by atoms with Gasteiger partial charge in [-0.2, -0.15) is 5.10 Å². The molecule has 7 nitrogen and oxygen atoms in total. The van der Waals surface area contributed by atoms with E-state index in [1.807, 2.05) is 38.1 Å². The molecule has 0 radical (unpaired) electrons. The summed E-state index contributed by atoms with van der Waals surface area (Å²) in [5.41, 5.74) is 2.72. The maximum absolute atomic E-state index is 12.0. The maximum Gasteiger partial charge on any atom is 0.303 e. The van der Waals surface area contributed by atoms with Crippen molar-refractivity contribution in [3.05, 3.63) is 29.8 Å². The van der Waals surface area contributed by atoms with Crippen molar-refractivity contribution >= 4 is 39.6 Å². The van der Waals surface area contributed by atoms with Gasteiger partial charge in [-0.15, -0.1) is 0 Å². The largest absolute Gasteiger partial charge is 0.481 e. The van der Waals surface area contributed by atoms with Crippen LogP contribution in [0.15, 0.2) is 24.3 Å². The van der Waals surface area contributed by atoms with Gasteiger partial charge < -0.3 is 10.4 Å². The molecular formula is C18H20N4O3. The molecule has 0 bridgehead atoms. The van der Waals surface area contributed by atoms with Gasteiger partial charge in [-0.1, -0.05) is 18.6 Å². The molecule has 2 N–H and O–H groups in total. The summed E-state index contributed by atoms with van der Waals surface area (Å²) in [7, 11) is 0. The van der Waals surface area contributed by atoms with E-state index in [-0.39, 0.29) is 18.7 Å². The van der Waals surface area contributed by atoms with Gasteiger partial charge in [0.05, 0.1) is 17.3 Å². The molecule has 130 valence electrons. The first kappa shape index (κ1) is 16.9. The minimum Gasteiger partial charge on any atom is -0.481 e. The Morgan fingerprint density at radius 3 is 2.76 bits per heavy atom. The highest BCUT2D eigenvalue weighted by Crippen LogP contribution is 2.27. The second kappa shape index (κ2) is 6.88. The summed E-state index contributed by atoms with van der Waals surface area (Å²) in [5.74, 6) is -0.941. The number of hydrogen-bond acceptors (Lipinski definition) is 4. The van der Waals surface area contributed by atoms with Crippen LogP contribution in [0.25, 0.3) is 21.9 Å². The van der Waals surface area contributed by atoms with Crippen molar-refractivity contribution in [2.75, 3.05) is 5.32 Å². The van der Waals surface area contributed by atoms with E-state index in [1.54, 1.807) is 4.68 Å². The lowest BCUT2D eigenvalue weighted by atomic mass is 10.1. The van der Waals surface area contributed by atoms with Gasteiger partial charge in [0.25, 0.3) is 0 Å². The molecule has 25 heavy (non-hydrogen) atoms. The first-order valence-corrected chi connectivity index (χ1v) is 8.27. The monoisotopic (exact) mass is 340 g/mol. The standard InChI is InChI=1S/C18H20N4O3/c1-3-8-22-18-13(10-12-9-11(2)4-5-14(12)19-18)17(21-22)20-15(23)6-7-16(24)25/h4-5,9-10H,3,6-8H2,1-2H3,(H,24,25)(H,20,21,23). The Morgan fingerprint density at radius 1 is 1.24 bits per heavy atom. The Morgan fingerprint density at radius 2 is 2.04 bits per heavy atom. The van der Waals surface area contributed by atoms with Gasteiger partial charge in [0, 0.05) is 18.4 Å². The Balaban J connectivity index is 2.04. The highest BCUT2D eigenvalue weighted by molar-refractivity contribution is 6.03. The predicted molar refractivity (Wildman–Crippen MR) is 95.6 cm³/mol. The summed E-state index contributed by atoms with van der Waals surface area (Å²) in [6.45, 7) is 4.74. The van der Waals surface area contributed by atoms with Crippen LogP contribution in [0.4, 0.5) is 5.82 Å². The third-order valence-electron chi connectivity index (χ3n) is 3.93. The minimum atomic E-state index is -1.00. The SMILES string of the molecule is CCCn1nc(NC(=O)CCC(=O)O)c2cc3cc(C)ccc3nc21. The van der Waals surface area contributed by atoms with E-state index in [0.29, 0.717) is 18.0 Å². The Kier molecular flexibility index (Phi) is 4.65. The number of carbonyl (C=O) groups excluding carboxylic acids is 1. The summed E-state index contributed by atoms with van der Waals surface area (Å²) in [5, 5.41) is 17.6. The molecule has 0 unspecified atom stereocenters. The molecule has 3 rings (SSSR count). The second-order valence-electron chi connectivity index (χ2n) is 6.07. The fourth-order valence-corrected chi connectivity index (χ4v) is 2.75. The second-order valence-corrected chi connectivity index (χ2v) is 6.07. The average molecular weight is 340 g/mol. The maximum atomic E-state index is 12.0. The molecule has 7 heteroatoms. The number of pyridine rings is 1. The number of nitrogens with zero attached hydrogens (tertiary/aromatic N) is 3. The van der Waals surface area contributed by atoms with Crippen LogP contribution in [-0.4, -0.2) is 31.7 Å². The van der Waals surface area contributed by atoms with Gasteiger partial charge in [-0.25, -0.2) is 9.67 Å². The molecule has 0 aliphatic heterocycles. The van der Waals surface area contributed by atoms with Gasteiger partial charge in [-0.3, -0.25) is 9.59 Å². The summed E-state index contributed by atoms with van der Waals surface area (Å²) in [6, 6.07) is 7.99. The number of aromatic nitrogens is 3. The number of amides is 1. The zero-order chi connectivity index (χ0) is 18.0. The molecule has 3 aromatic rings. The van der Waals surface area contributed by atoms with Crippen molar-refractivity contribution in [1.82, 2.24) is 14.8 Å². The molecule has 1 aromatic carbocycles. The number of carbonyl (C=O) groups is 2. The summed E-state index contributed by atoms with van der Waals surface area (Å²) in [4.78, 5) is 27.3. The Bertz CT molecular complexity index is 962. The van der Waals surface area contributed by atoms with E-state index in [1.165, 1.54) is 0 Å². The highest BCUT2D eigenvalue weighted by atomic mass is 16.4. The Labute approximate surface area is 144 Å². The molecule has 0 saturated carbocycles. The lowest BCUT2D eigenvalue weighted by Gasteiger charge is -2.03. The fraction of sp³-hybridized carbons (Fsp3) is 0.333. The number of carboxylic acids is 1. The van der Waals surface area contributed by atoms with Crippen LogP contribution in [0.1, 0.15) is 31.7 Å². The molecule has 0 aliphatic carbocycles. The summed E-state index contributed by atoms with van der Waals surface area (Å²) in [6.07, 6.45) is 0.591. The van der Waals surface area contributed by atoms with Crippen molar-refractivity contribution in [3.63, 3.8) is 0 Å². The van der Waals surface area contributed by atoms with Crippen molar-refractivity contribution < 1.29 is 14.7 Å². The topological polar surface area (TPSA) is 97.1 Å². The number of hydrogen-bond donors (Lipinski definition) is 2. The third kappa shape index (κ3) is 3.60. The van der Waals surface area contributed by atoms with Crippen LogP contribution in [0, 0.1) is 6.92 Å². The first-order chi connectivity index (χ1) is 12.0. The molecule has 0 aliphatic rings. The number of anilines is 1. The van der Waals surface area contributed by atoms with Crippen LogP contribution in [0.3, 0.4) is 0 Å². The first-order valence-electron chi connectivity index (χ1n) is 8.27. The predicted octanol–water partition coefficient (Wildman–Crippen LogP) is 3.11. The molecule has 0 spiro atoms. The number of fused-ring (bicyclic) bond motifs is 2. The number of carboxylic acid groups (broad SMARTS) is 1. The van der Waals surface area contributed by atoms with Crippen molar-refractivity contribution in [2.45, 2.75) is 39.7 Å². The molecule has 0 fully saturated rings. The molecular weight excluding hydrogens is 320 g/mol. The normalized spacial score (nSPS) is 11.1. The van der Waals surface area contributed by atoms with E-state index < -0.39 is 5.97 Å². The zero-order valence-electron chi connectivity index (χ0n) is 14.2. The summed E-state index contributed by atoms with van der Waals surface area (Å²) < 4.78 is 1.78. The van der Waals surface area contributed by atoms with Crippen molar-refractivity contribution in [3.8, 4) is 0 Å². The molecule has 1 amide bonds. The molecule has 2 aromatic heterocycles. The van der Waals surface area contributed by atoms with E-state index in [4.69, 9.17) is 10.1 Å². The molecule has 2 heterocycles. The number of nitrogens with one attached hydrogen (secondary N) is 1. The van der Waals surface area contributed by atoms with Gasteiger partial charge in [0.1, 0.15) is 0 Å². The van der Waals surface area contributed by atoms with E-state index in [2.05, 4.69) is 10.4 Å². The van der Waals surface area contributed by atoms with Gasteiger partial charge in [-0.05, 0) is 31.5 Å². The van der Waals surface area contributed by atoms with E-state index in [0.717, 1.165) is 28.3 Å². The van der Waals surface area contributed by atoms with Gasteiger partial charge in [0.2, 0.25) is 5.91 Å². The van der Waals surface area contributed by atoms with E-state index in [9.17, 15) is 9.59 Å². The quantitative estimate of drug-likeness (QED) is 0.718. The van der Waals surface area contributed by atoms with Gasteiger partial charge >= 0.3 is 5.97 Å². The third-order valence-corrected chi connectivity index (χ3v) is 3.93. The lowest BCUT2D eigenvalue weighted by Crippen LogP contribution is -2.14. The Hall–Kier alpha value is -2.96. The number of aliphatic carboxylic acids is 1. The fourth-order valence-electron chi connectivity index (χ4n) is 2.75. The zero-order valence-corrected chi connectivity index (χ0v) is 14.2. The molecule has 0 saturated heterocycles. The van der Waals surface area contributed by atoms with Crippen LogP contribution >= 0.6 is 0 Å². The average Bonchev–Trinajstić information content (AvgIpc) is 2.88.